The summed E-state index contributed by atoms with van der Waals surface area (Å²) in [6.07, 6.45) is -2.77. The van der Waals surface area contributed by atoms with Crippen LogP contribution in [0.5, 0.6) is 0 Å². The third kappa shape index (κ3) is 9.54. The molecule has 1 heterocycles. The zero-order valence-corrected chi connectivity index (χ0v) is 25.4. The van der Waals surface area contributed by atoms with E-state index in [1.807, 2.05) is 91.0 Å². The van der Waals surface area contributed by atoms with E-state index in [0.29, 0.717) is 13.2 Å². The fourth-order valence-electron chi connectivity index (χ4n) is 4.80. The molecule has 0 radical (unpaired) electrons. The summed E-state index contributed by atoms with van der Waals surface area (Å²) in [6.45, 7) is 5.05. The van der Waals surface area contributed by atoms with E-state index >= 15 is 0 Å². The van der Waals surface area contributed by atoms with Crippen LogP contribution >= 0.6 is 7.75 Å². The smallest absolute Gasteiger partial charge is 0.374 e. The van der Waals surface area contributed by atoms with E-state index in [0.717, 1.165) is 16.7 Å². The second-order valence-corrected chi connectivity index (χ2v) is 11.6. The van der Waals surface area contributed by atoms with Gasteiger partial charge in [-0.15, -0.1) is 0 Å². The third-order valence-electron chi connectivity index (χ3n) is 6.76. The Hall–Kier alpha value is -2.43. The lowest BCUT2D eigenvalue weighted by molar-refractivity contribution is -0.293. The van der Waals surface area contributed by atoms with Gasteiger partial charge in [0.2, 0.25) is 0 Å². The maximum absolute atomic E-state index is 13.8. The largest absolute Gasteiger partial charge is 0.405 e. The summed E-state index contributed by atoms with van der Waals surface area (Å²) in [7, 11) is -2.17. The topological polar surface area (TPSA) is 93.7 Å². The van der Waals surface area contributed by atoms with Crippen molar-refractivity contribution in [3.63, 3.8) is 0 Å². The van der Waals surface area contributed by atoms with Crippen LogP contribution in [0.25, 0.3) is 0 Å². The second kappa shape index (κ2) is 17.0. The Morgan fingerprint density at radius 2 is 1.19 bits per heavy atom. The van der Waals surface area contributed by atoms with Crippen LogP contribution in [0.2, 0.25) is 0 Å². The molecular formula is C32H42NO8P. The Morgan fingerprint density at radius 1 is 0.714 bits per heavy atom. The summed E-state index contributed by atoms with van der Waals surface area (Å²) in [5, 5.41) is 3.14. The third-order valence-corrected chi connectivity index (χ3v) is 8.57. The molecule has 0 spiro atoms. The fraction of sp³-hybridized carbons (Fsp3) is 0.438. The van der Waals surface area contributed by atoms with Gasteiger partial charge < -0.3 is 23.7 Å². The van der Waals surface area contributed by atoms with E-state index in [2.05, 4.69) is 5.09 Å². The molecule has 42 heavy (non-hydrogen) atoms. The first-order chi connectivity index (χ1) is 20.5. The standard InChI is InChI=1S/C32H42NO8P/c1-4-39-42(34,40-5-2)33-29-28(24-36-21-25-15-9-6-10-16-25)41-32(35-3)31(38-23-27-19-13-8-14-20-27)30(29)37-22-26-17-11-7-12-18-26/h6-20,28-32H,4-5,21-24H2,1-3H3,(H,33,34)/t28-,29-,30+,31-,32+/m1/s1. The molecule has 5 atom stereocenters. The molecule has 0 bridgehead atoms. The van der Waals surface area contributed by atoms with Crippen LogP contribution in [0.3, 0.4) is 0 Å². The highest BCUT2D eigenvalue weighted by Gasteiger charge is 2.50. The molecule has 1 aliphatic heterocycles. The molecule has 0 amide bonds. The van der Waals surface area contributed by atoms with Crippen LogP contribution in [-0.4, -0.2) is 57.6 Å². The molecule has 1 saturated heterocycles. The Bertz CT molecular complexity index is 1190. The zero-order valence-electron chi connectivity index (χ0n) is 24.5. The van der Waals surface area contributed by atoms with Gasteiger partial charge in [-0.05, 0) is 30.5 Å². The Kier molecular flexibility index (Phi) is 13.2. The lowest BCUT2D eigenvalue weighted by atomic mass is 9.96. The van der Waals surface area contributed by atoms with Crippen LogP contribution in [0.15, 0.2) is 91.0 Å². The highest BCUT2D eigenvalue weighted by atomic mass is 31.2. The van der Waals surface area contributed by atoms with Gasteiger partial charge in [0.25, 0.3) is 0 Å². The molecule has 10 heteroatoms. The number of hydrogen-bond acceptors (Lipinski definition) is 8. The van der Waals surface area contributed by atoms with E-state index < -0.39 is 38.4 Å². The molecule has 3 aromatic carbocycles. The minimum absolute atomic E-state index is 0.168. The number of nitrogens with one attached hydrogen (secondary N) is 1. The predicted molar refractivity (Wildman–Crippen MR) is 160 cm³/mol. The van der Waals surface area contributed by atoms with Crippen molar-refractivity contribution in [2.24, 2.45) is 0 Å². The van der Waals surface area contributed by atoms with Crippen molar-refractivity contribution in [2.45, 2.75) is 64.3 Å². The highest BCUT2D eigenvalue weighted by molar-refractivity contribution is 7.51. The van der Waals surface area contributed by atoms with Crippen LogP contribution in [-0.2, 0) is 57.1 Å². The first-order valence-corrected chi connectivity index (χ1v) is 15.9. The maximum atomic E-state index is 13.8. The molecule has 1 aliphatic rings. The average Bonchev–Trinajstić information content (AvgIpc) is 3.01. The number of benzene rings is 3. The number of hydrogen-bond donors (Lipinski definition) is 1. The Morgan fingerprint density at radius 3 is 1.67 bits per heavy atom. The van der Waals surface area contributed by atoms with Crippen molar-refractivity contribution >= 4 is 7.75 Å². The molecule has 0 aliphatic carbocycles. The van der Waals surface area contributed by atoms with Crippen molar-refractivity contribution in [3.8, 4) is 0 Å². The summed E-state index contributed by atoms with van der Waals surface area (Å²) >= 11 is 0. The van der Waals surface area contributed by atoms with Crippen LogP contribution < -0.4 is 5.09 Å². The summed E-state index contributed by atoms with van der Waals surface area (Å²) in [5.74, 6) is 0. The first kappa shape index (κ1) is 32.5. The number of ether oxygens (including phenoxy) is 5. The Labute approximate surface area is 249 Å². The van der Waals surface area contributed by atoms with Crippen molar-refractivity contribution < 1.29 is 37.3 Å². The minimum Gasteiger partial charge on any atom is -0.374 e. The maximum Gasteiger partial charge on any atom is 0.405 e. The molecular weight excluding hydrogens is 557 g/mol. The zero-order chi connectivity index (χ0) is 29.6. The molecule has 3 aromatic rings. The van der Waals surface area contributed by atoms with Gasteiger partial charge in [0, 0.05) is 7.11 Å². The molecule has 1 N–H and O–H groups in total. The SMILES string of the molecule is CCOP(=O)(N[C@H]1[C@H](OCc2ccccc2)[C@@H](OCc2ccccc2)[C@@H](OC)O[C@@H]1COCc1ccccc1)OCC. The predicted octanol–water partition coefficient (Wildman–Crippen LogP) is 5.88. The molecule has 4 rings (SSSR count). The van der Waals surface area contributed by atoms with Crippen molar-refractivity contribution in [2.75, 3.05) is 26.9 Å². The van der Waals surface area contributed by atoms with E-state index in [9.17, 15) is 4.57 Å². The van der Waals surface area contributed by atoms with Crippen LogP contribution in [0.4, 0.5) is 0 Å². The normalized spacial score (nSPS) is 22.7. The van der Waals surface area contributed by atoms with Gasteiger partial charge in [-0.25, -0.2) is 9.65 Å². The molecule has 0 aromatic heterocycles. The average molecular weight is 600 g/mol. The highest BCUT2D eigenvalue weighted by Crippen LogP contribution is 2.46. The summed E-state index contributed by atoms with van der Waals surface area (Å²) < 4.78 is 56.4. The van der Waals surface area contributed by atoms with Gasteiger partial charge in [0.1, 0.15) is 18.3 Å². The fourth-order valence-corrected chi connectivity index (χ4v) is 6.38. The molecule has 0 saturated carbocycles. The van der Waals surface area contributed by atoms with Crippen molar-refractivity contribution in [1.29, 1.82) is 0 Å². The quantitative estimate of drug-likeness (QED) is 0.191. The van der Waals surface area contributed by atoms with E-state index in [1.165, 1.54) is 0 Å². The van der Waals surface area contributed by atoms with Gasteiger partial charge in [-0.1, -0.05) is 91.0 Å². The van der Waals surface area contributed by atoms with E-state index in [4.69, 9.17) is 32.7 Å². The first-order valence-electron chi connectivity index (χ1n) is 14.3. The van der Waals surface area contributed by atoms with Gasteiger partial charge in [0.15, 0.2) is 6.29 Å². The molecule has 0 unspecified atom stereocenters. The van der Waals surface area contributed by atoms with Gasteiger partial charge in [-0.3, -0.25) is 9.05 Å². The summed E-state index contributed by atoms with van der Waals surface area (Å²) in [6, 6.07) is 28.9. The van der Waals surface area contributed by atoms with Gasteiger partial charge in [-0.2, -0.15) is 0 Å². The molecule has 228 valence electrons. The minimum atomic E-state index is -3.74. The summed E-state index contributed by atoms with van der Waals surface area (Å²) in [5.41, 5.74) is 2.99. The van der Waals surface area contributed by atoms with Crippen LogP contribution in [0, 0.1) is 0 Å². The number of methoxy groups -OCH3 is 1. The van der Waals surface area contributed by atoms with E-state index in [1.54, 1.807) is 21.0 Å². The van der Waals surface area contributed by atoms with Crippen LogP contribution in [0.1, 0.15) is 30.5 Å². The summed E-state index contributed by atoms with van der Waals surface area (Å²) in [4.78, 5) is 0. The lowest BCUT2D eigenvalue weighted by Gasteiger charge is -2.46. The molecule has 1 fully saturated rings. The number of rotatable bonds is 17. The van der Waals surface area contributed by atoms with Gasteiger partial charge >= 0.3 is 7.75 Å². The Balaban J connectivity index is 1.63. The van der Waals surface area contributed by atoms with Gasteiger partial charge in [0.05, 0.1) is 45.7 Å². The van der Waals surface area contributed by atoms with Crippen molar-refractivity contribution in [1.82, 2.24) is 5.09 Å². The monoisotopic (exact) mass is 599 g/mol. The van der Waals surface area contributed by atoms with Crippen molar-refractivity contribution in [3.05, 3.63) is 108 Å². The van der Waals surface area contributed by atoms with E-state index in [-0.39, 0.29) is 26.4 Å². The molecule has 9 nitrogen and oxygen atoms in total. The lowest BCUT2D eigenvalue weighted by Crippen LogP contribution is -2.64. The second-order valence-electron chi connectivity index (χ2n) is 9.79.